The highest BCUT2D eigenvalue weighted by atomic mass is 35.5. The number of halogens is 2. The standard InChI is InChI=1S/C13H17ClN2O.ClH/c14-12-7-10(15)5-6-11(12)13(17)16-8-9-3-1-2-4-9;/h5-7,9H,1-4,8,15H2,(H,16,17);1H. The molecule has 0 radical (unpaired) electrons. The largest absolute Gasteiger partial charge is 0.399 e. The van der Waals surface area contributed by atoms with Crippen molar-refractivity contribution in [2.75, 3.05) is 12.3 Å². The van der Waals surface area contributed by atoms with Crippen molar-refractivity contribution in [2.45, 2.75) is 25.7 Å². The van der Waals surface area contributed by atoms with Crippen LogP contribution in [0.4, 0.5) is 5.69 Å². The number of rotatable bonds is 3. The molecule has 3 nitrogen and oxygen atoms in total. The number of carbonyl (C=O) groups is 1. The second-order valence-corrected chi connectivity index (χ2v) is 5.01. The number of amides is 1. The fourth-order valence-corrected chi connectivity index (χ4v) is 2.54. The van der Waals surface area contributed by atoms with E-state index in [4.69, 9.17) is 17.3 Å². The Kier molecular flexibility index (Phi) is 5.76. The van der Waals surface area contributed by atoms with E-state index in [2.05, 4.69) is 5.32 Å². The molecule has 1 aromatic rings. The molecule has 1 aromatic carbocycles. The van der Waals surface area contributed by atoms with Gasteiger partial charge in [0.15, 0.2) is 0 Å². The van der Waals surface area contributed by atoms with E-state index < -0.39 is 0 Å². The van der Waals surface area contributed by atoms with Gasteiger partial charge in [-0.05, 0) is 37.0 Å². The van der Waals surface area contributed by atoms with Crippen molar-refractivity contribution in [1.82, 2.24) is 5.32 Å². The Bertz CT molecular complexity index is 417. The number of anilines is 1. The summed E-state index contributed by atoms with van der Waals surface area (Å²) < 4.78 is 0. The number of benzene rings is 1. The van der Waals surface area contributed by atoms with Crippen LogP contribution in [0.2, 0.25) is 5.02 Å². The highest BCUT2D eigenvalue weighted by molar-refractivity contribution is 6.34. The van der Waals surface area contributed by atoms with Crippen molar-refractivity contribution in [2.24, 2.45) is 5.92 Å². The summed E-state index contributed by atoms with van der Waals surface area (Å²) in [7, 11) is 0. The molecule has 1 fully saturated rings. The average molecular weight is 289 g/mol. The molecule has 100 valence electrons. The Morgan fingerprint density at radius 1 is 1.39 bits per heavy atom. The maximum Gasteiger partial charge on any atom is 0.252 e. The van der Waals surface area contributed by atoms with E-state index in [1.807, 2.05) is 0 Å². The quantitative estimate of drug-likeness (QED) is 0.839. The van der Waals surface area contributed by atoms with E-state index in [9.17, 15) is 4.79 Å². The molecule has 1 amide bonds. The summed E-state index contributed by atoms with van der Waals surface area (Å²) in [4.78, 5) is 11.9. The minimum atomic E-state index is -0.109. The topological polar surface area (TPSA) is 55.1 Å². The van der Waals surface area contributed by atoms with E-state index in [0.717, 1.165) is 6.54 Å². The van der Waals surface area contributed by atoms with Crippen LogP contribution in [-0.2, 0) is 0 Å². The second kappa shape index (κ2) is 6.86. The lowest BCUT2D eigenvalue weighted by Gasteiger charge is -2.11. The number of carbonyl (C=O) groups excluding carboxylic acids is 1. The summed E-state index contributed by atoms with van der Waals surface area (Å²) in [5.74, 6) is 0.522. The van der Waals surface area contributed by atoms with Crippen LogP contribution < -0.4 is 11.1 Å². The number of hydrogen-bond donors (Lipinski definition) is 2. The second-order valence-electron chi connectivity index (χ2n) is 4.60. The third kappa shape index (κ3) is 3.79. The zero-order valence-electron chi connectivity index (χ0n) is 10.1. The summed E-state index contributed by atoms with van der Waals surface area (Å²) in [6, 6.07) is 4.96. The SMILES string of the molecule is Cl.Nc1ccc(C(=O)NCC2CCCC2)c(Cl)c1. The molecule has 18 heavy (non-hydrogen) atoms. The molecule has 0 aromatic heterocycles. The van der Waals surface area contributed by atoms with E-state index in [0.29, 0.717) is 22.2 Å². The van der Waals surface area contributed by atoms with Crippen LogP contribution in [0.25, 0.3) is 0 Å². The van der Waals surface area contributed by atoms with Gasteiger partial charge in [0.05, 0.1) is 10.6 Å². The third-order valence-corrected chi connectivity index (χ3v) is 3.58. The van der Waals surface area contributed by atoms with Crippen LogP contribution in [0.3, 0.4) is 0 Å². The molecule has 0 atom stereocenters. The molecular weight excluding hydrogens is 271 g/mol. The van der Waals surface area contributed by atoms with Gasteiger partial charge in [-0.15, -0.1) is 12.4 Å². The monoisotopic (exact) mass is 288 g/mol. The van der Waals surface area contributed by atoms with Gasteiger partial charge in [0, 0.05) is 12.2 Å². The molecule has 1 saturated carbocycles. The number of hydrogen-bond acceptors (Lipinski definition) is 2. The summed E-state index contributed by atoms with van der Waals surface area (Å²) in [6.45, 7) is 0.750. The van der Waals surface area contributed by atoms with Crippen molar-refractivity contribution in [3.05, 3.63) is 28.8 Å². The summed E-state index contributed by atoms with van der Waals surface area (Å²) in [5, 5.41) is 3.35. The fraction of sp³-hybridized carbons (Fsp3) is 0.462. The zero-order valence-corrected chi connectivity index (χ0v) is 11.7. The number of nitrogens with one attached hydrogen (secondary N) is 1. The van der Waals surface area contributed by atoms with Gasteiger partial charge in [0.25, 0.3) is 5.91 Å². The van der Waals surface area contributed by atoms with Crippen LogP contribution in [0, 0.1) is 5.92 Å². The lowest BCUT2D eigenvalue weighted by Crippen LogP contribution is -2.28. The Morgan fingerprint density at radius 2 is 2.06 bits per heavy atom. The number of nitrogens with two attached hydrogens (primary N) is 1. The lowest BCUT2D eigenvalue weighted by molar-refractivity contribution is 0.0947. The van der Waals surface area contributed by atoms with Gasteiger partial charge in [-0.3, -0.25) is 4.79 Å². The molecule has 0 saturated heterocycles. The number of nitrogen functional groups attached to an aromatic ring is 1. The van der Waals surface area contributed by atoms with Crippen molar-refractivity contribution in [1.29, 1.82) is 0 Å². The molecule has 0 spiro atoms. The molecule has 1 aliphatic carbocycles. The first kappa shape index (κ1) is 15.1. The van der Waals surface area contributed by atoms with E-state index in [-0.39, 0.29) is 18.3 Å². The average Bonchev–Trinajstić information content (AvgIpc) is 2.78. The summed E-state index contributed by atoms with van der Waals surface area (Å²) >= 11 is 5.98. The third-order valence-electron chi connectivity index (χ3n) is 3.26. The van der Waals surface area contributed by atoms with Gasteiger partial charge in [-0.1, -0.05) is 24.4 Å². The molecule has 0 unspecified atom stereocenters. The highest BCUT2D eigenvalue weighted by Crippen LogP contribution is 2.24. The molecule has 0 heterocycles. The maximum absolute atomic E-state index is 11.9. The Morgan fingerprint density at radius 3 is 2.67 bits per heavy atom. The molecule has 1 aliphatic rings. The minimum absolute atomic E-state index is 0. The van der Waals surface area contributed by atoms with Crippen molar-refractivity contribution < 1.29 is 4.79 Å². The summed E-state index contributed by atoms with van der Waals surface area (Å²) in [5.41, 5.74) is 6.66. The van der Waals surface area contributed by atoms with Crippen LogP contribution in [0.15, 0.2) is 18.2 Å². The van der Waals surface area contributed by atoms with Crippen molar-refractivity contribution in [3.8, 4) is 0 Å². The fourth-order valence-electron chi connectivity index (χ4n) is 2.26. The predicted octanol–water partition coefficient (Wildman–Crippen LogP) is 3.26. The Hall–Kier alpha value is -0.930. The van der Waals surface area contributed by atoms with Crippen LogP contribution in [-0.4, -0.2) is 12.5 Å². The smallest absolute Gasteiger partial charge is 0.252 e. The first-order valence-electron chi connectivity index (χ1n) is 6.00. The maximum atomic E-state index is 11.9. The van der Waals surface area contributed by atoms with E-state index in [1.54, 1.807) is 18.2 Å². The van der Waals surface area contributed by atoms with Gasteiger partial charge in [-0.25, -0.2) is 0 Å². The minimum Gasteiger partial charge on any atom is -0.399 e. The molecule has 3 N–H and O–H groups in total. The Balaban J connectivity index is 0.00000162. The highest BCUT2D eigenvalue weighted by Gasteiger charge is 2.17. The van der Waals surface area contributed by atoms with Gasteiger partial charge in [0.1, 0.15) is 0 Å². The first-order chi connectivity index (χ1) is 8.16. The van der Waals surface area contributed by atoms with E-state index >= 15 is 0 Å². The van der Waals surface area contributed by atoms with Crippen LogP contribution in [0.1, 0.15) is 36.0 Å². The van der Waals surface area contributed by atoms with Crippen LogP contribution >= 0.6 is 24.0 Å². The molecule has 0 bridgehead atoms. The molecule has 0 aliphatic heterocycles. The van der Waals surface area contributed by atoms with Gasteiger partial charge in [0.2, 0.25) is 0 Å². The molecule has 2 rings (SSSR count). The van der Waals surface area contributed by atoms with Crippen molar-refractivity contribution in [3.63, 3.8) is 0 Å². The molecular formula is C13H18Cl2N2O. The predicted molar refractivity (Wildman–Crippen MR) is 77.4 cm³/mol. The van der Waals surface area contributed by atoms with Gasteiger partial charge >= 0.3 is 0 Å². The van der Waals surface area contributed by atoms with E-state index in [1.165, 1.54) is 25.7 Å². The zero-order chi connectivity index (χ0) is 12.3. The van der Waals surface area contributed by atoms with Gasteiger partial charge < -0.3 is 11.1 Å². The van der Waals surface area contributed by atoms with Crippen LogP contribution in [0.5, 0.6) is 0 Å². The molecule has 5 heteroatoms. The normalized spacial score (nSPS) is 15.2. The lowest BCUT2D eigenvalue weighted by atomic mass is 10.1. The van der Waals surface area contributed by atoms with Gasteiger partial charge in [-0.2, -0.15) is 0 Å². The van der Waals surface area contributed by atoms with Crippen molar-refractivity contribution >= 4 is 35.6 Å². The first-order valence-corrected chi connectivity index (χ1v) is 6.38. The Labute approximate surface area is 118 Å². The summed E-state index contributed by atoms with van der Waals surface area (Å²) in [6.07, 6.45) is 5.00.